The Hall–Kier alpha value is -0.305. The Labute approximate surface area is 50.9 Å². The predicted molar refractivity (Wildman–Crippen MR) is 36.4 cm³/mol. The van der Waals surface area contributed by atoms with Crippen LogP contribution < -0.4 is 5.73 Å². The topological polar surface area (TPSA) is 43.1 Å². The zero-order valence-corrected chi connectivity index (χ0v) is 5.64. The van der Waals surface area contributed by atoms with Crippen LogP contribution in [0.4, 0.5) is 0 Å². The third-order valence-corrected chi connectivity index (χ3v) is 1.19. The number of carbonyl (C=O) groups is 1. The Balaban J connectivity index is 3.64. The van der Waals surface area contributed by atoms with Crippen LogP contribution in [0, 0.1) is 5.92 Å². The van der Waals surface area contributed by atoms with E-state index in [-0.39, 0.29) is 17.6 Å². The normalized spacial score (nSPS) is 14.0. The lowest BCUT2D eigenvalue weighted by atomic mass is 9.89. The quantitative estimate of drug-likeness (QED) is 0.473. The maximum absolute atomic E-state index is 10.5. The molecule has 0 aliphatic rings. The van der Waals surface area contributed by atoms with Crippen LogP contribution in [0.5, 0.6) is 0 Å². The molecule has 1 atom stereocenters. The minimum Gasteiger partial charge on any atom is -0.322 e. The first kappa shape index (κ1) is 7.69. The Morgan fingerprint density at radius 2 is 2.00 bits per heavy atom. The highest BCUT2D eigenvalue weighted by Crippen LogP contribution is 1.96. The Morgan fingerprint density at radius 3 is 2.00 bits per heavy atom. The SMILES string of the molecule is BC(=O)[C@@H](N)C(C)C. The molecule has 0 aliphatic heterocycles. The van der Waals surface area contributed by atoms with Gasteiger partial charge in [-0.25, -0.2) is 0 Å². The van der Waals surface area contributed by atoms with Crippen molar-refractivity contribution < 1.29 is 4.79 Å². The highest BCUT2D eigenvalue weighted by molar-refractivity contribution is 6.59. The summed E-state index contributed by atoms with van der Waals surface area (Å²) in [6.07, 6.45) is 0. The maximum atomic E-state index is 10.5. The van der Waals surface area contributed by atoms with Crippen LogP contribution in [-0.2, 0) is 4.79 Å². The zero-order chi connectivity index (χ0) is 6.73. The van der Waals surface area contributed by atoms with Gasteiger partial charge in [0.25, 0.3) is 0 Å². The van der Waals surface area contributed by atoms with Gasteiger partial charge in [0.1, 0.15) is 0 Å². The van der Waals surface area contributed by atoms with Gasteiger partial charge in [0.15, 0.2) is 7.85 Å². The molecule has 2 nitrogen and oxygen atoms in total. The van der Waals surface area contributed by atoms with E-state index in [1.54, 1.807) is 0 Å². The van der Waals surface area contributed by atoms with E-state index in [2.05, 4.69) is 0 Å². The van der Waals surface area contributed by atoms with Crippen molar-refractivity contribution in [1.29, 1.82) is 0 Å². The molecule has 0 aromatic rings. The first-order valence-corrected chi connectivity index (χ1v) is 2.81. The van der Waals surface area contributed by atoms with E-state index in [4.69, 9.17) is 5.73 Å². The van der Waals surface area contributed by atoms with Crippen LogP contribution in [0.3, 0.4) is 0 Å². The van der Waals surface area contributed by atoms with E-state index in [0.717, 1.165) is 0 Å². The van der Waals surface area contributed by atoms with Crippen molar-refractivity contribution in [2.75, 3.05) is 0 Å². The molecule has 0 amide bonds. The molecule has 8 heavy (non-hydrogen) atoms. The third-order valence-electron chi connectivity index (χ3n) is 1.19. The fraction of sp³-hybridized carbons (Fsp3) is 0.800. The number of nitrogens with two attached hydrogens (primary N) is 1. The molecule has 0 aromatic heterocycles. The minimum absolute atomic E-state index is 0.0694. The van der Waals surface area contributed by atoms with Crippen molar-refractivity contribution in [3.05, 3.63) is 0 Å². The van der Waals surface area contributed by atoms with Gasteiger partial charge in [-0.2, -0.15) is 0 Å². The highest BCUT2D eigenvalue weighted by Gasteiger charge is 2.10. The molecule has 0 heterocycles. The summed E-state index contributed by atoms with van der Waals surface area (Å²) in [7, 11) is 1.52. The lowest BCUT2D eigenvalue weighted by molar-refractivity contribution is -0.113. The van der Waals surface area contributed by atoms with Gasteiger partial charge in [-0.3, -0.25) is 0 Å². The fourth-order valence-electron chi connectivity index (χ4n) is 0.469. The summed E-state index contributed by atoms with van der Waals surface area (Å²) in [4.78, 5) is 10.5. The van der Waals surface area contributed by atoms with Crippen LogP contribution in [0.15, 0.2) is 0 Å². The molecule has 46 valence electrons. The first-order valence-electron chi connectivity index (χ1n) is 2.81. The van der Waals surface area contributed by atoms with Gasteiger partial charge >= 0.3 is 0 Å². The van der Waals surface area contributed by atoms with Gasteiger partial charge < -0.3 is 10.5 Å². The molecule has 0 aliphatic carbocycles. The van der Waals surface area contributed by atoms with Crippen LogP contribution in [0.1, 0.15) is 13.8 Å². The summed E-state index contributed by atoms with van der Waals surface area (Å²) in [6.45, 7) is 3.87. The summed E-state index contributed by atoms with van der Waals surface area (Å²) in [5.41, 5.74) is 5.48. The molecule has 0 saturated heterocycles. The van der Waals surface area contributed by atoms with Gasteiger partial charge in [-0.15, -0.1) is 0 Å². The van der Waals surface area contributed by atoms with Crippen LogP contribution in [-0.4, -0.2) is 19.6 Å². The fourth-order valence-corrected chi connectivity index (χ4v) is 0.469. The van der Waals surface area contributed by atoms with E-state index in [1.165, 1.54) is 7.85 Å². The van der Waals surface area contributed by atoms with Gasteiger partial charge in [0.2, 0.25) is 0 Å². The van der Waals surface area contributed by atoms with Crippen LogP contribution in [0.2, 0.25) is 0 Å². The Kier molecular flexibility index (Phi) is 2.76. The molecule has 2 N–H and O–H groups in total. The molecule has 0 fully saturated rings. The standard InChI is InChI=1S/C5H12BNO/c1-3(2)4(7)5(6)8/h3-4H,6-7H2,1-2H3/t4-/m0/s1. The molecule has 3 heteroatoms. The maximum Gasteiger partial charge on any atom is 0.189 e. The molecule has 0 bridgehead atoms. The van der Waals surface area contributed by atoms with E-state index >= 15 is 0 Å². The Morgan fingerprint density at radius 1 is 1.62 bits per heavy atom. The van der Waals surface area contributed by atoms with Crippen LogP contribution >= 0.6 is 0 Å². The molecular weight excluding hydrogens is 101 g/mol. The molecule has 0 saturated carbocycles. The summed E-state index contributed by atoms with van der Waals surface area (Å²) < 4.78 is 0. The van der Waals surface area contributed by atoms with E-state index in [1.807, 2.05) is 13.8 Å². The molecule has 0 radical (unpaired) electrons. The largest absolute Gasteiger partial charge is 0.322 e. The van der Waals surface area contributed by atoms with Crippen molar-refractivity contribution in [3.8, 4) is 0 Å². The van der Waals surface area contributed by atoms with Crippen molar-refractivity contribution in [2.24, 2.45) is 11.7 Å². The lowest BCUT2D eigenvalue weighted by Crippen LogP contribution is -2.35. The van der Waals surface area contributed by atoms with Crippen LogP contribution in [0.25, 0.3) is 0 Å². The Bertz CT molecular complexity index is 92.4. The average Bonchev–Trinajstić information content (AvgIpc) is 1.64. The summed E-state index contributed by atoms with van der Waals surface area (Å²) in [6, 6.07) is -0.269. The second-order valence-corrected chi connectivity index (χ2v) is 2.38. The van der Waals surface area contributed by atoms with Crippen molar-refractivity contribution in [2.45, 2.75) is 19.9 Å². The minimum atomic E-state index is -0.269. The van der Waals surface area contributed by atoms with E-state index in [9.17, 15) is 4.79 Å². The number of carbonyl (C=O) groups excluding carboxylic acids is 1. The van der Waals surface area contributed by atoms with Gasteiger partial charge in [0, 0.05) is 0 Å². The molecule has 0 spiro atoms. The predicted octanol–water partition coefficient (Wildman–Crippen LogP) is -0.871. The van der Waals surface area contributed by atoms with Crippen molar-refractivity contribution in [1.82, 2.24) is 0 Å². The summed E-state index contributed by atoms with van der Waals surface area (Å²) >= 11 is 0. The second-order valence-electron chi connectivity index (χ2n) is 2.38. The number of hydrogen-bond acceptors (Lipinski definition) is 2. The lowest BCUT2D eigenvalue weighted by Gasteiger charge is -2.10. The number of rotatable bonds is 2. The van der Waals surface area contributed by atoms with Gasteiger partial charge in [0.05, 0.1) is 11.7 Å². The second kappa shape index (κ2) is 2.87. The highest BCUT2D eigenvalue weighted by atomic mass is 16.1. The zero-order valence-electron chi connectivity index (χ0n) is 5.64. The summed E-state index contributed by atoms with van der Waals surface area (Å²) in [5, 5.41) is 0. The van der Waals surface area contributed by atoms with Gasteiger partial charge in [-0.05, 0) is 5.92 Å². The number of hydrogen-bond donors (Lipinski definition) is 1. The van der Waals surface area contributed by atoms with Crippen molar-refractivity contribution in [3.63, 3.8) is 0 Å². The van der Waals surface area contributed by atoms with Gasteiger partial charge in [-0.1, -0.05) is 13.8 Å². The van der Waals surface area contributed by atoms with E-state index < -0.39 is 0 Å². The van der Waals surface area contributed by atoms with E-state index in [0.29, 0.717) is 0 Å². The molecule has 0 unspecified atom stereocenters. The first-order chi connectivity index (χ1) is 3.55. The monoisotopic (exact) mass is 113 g/mol. The molecular formula is C5H12BNO. The average molecular weight is 113 g/mol. The summed E-state index contributed by atoms with van der Waals surface area (Å²) in [5.74, 6) is 0.271. The molecule has 0 rings (SSSR count). The smallest absolute Gasteiger partial charge is 0.189 e. The van der Waals surface area contributed by atoms with Crippen molar-refractivity contribution >= 4 is 13.5 Å². The molecule has 0 aromatic carbocycles. The third kappa shape index (κ3) is 2.12.